The highest BCUT2D eigenvalue weighted by Gasteiger charge is 2.25. The van der Waals surface area contributed by atoms with E-state index in [9.17, 15) is 9.18 Å². The molecular weight excluding hydrogens is 455 g/mol. The van der Waals surface area contributed by atoms with Crippen LogP contribution in [0.5, 0.6) is 0 Å². The molecule has 0 aliphatic carbocycles. The normalized spacial score (nSPS) is 14.4. The minimum absolute atomic E-state index is 0.155. The van der Waals surface area contributed by atoms with Gasteiger partial charge >= 0.3 is 0 Å². The fraction of sp³-hybridized carbons (Fsp3) is 0.214. The summed E-state index contributed by atoms with van der Waals surface area (Å²) in [5.41, 5.74) is 4.08. The number of nitrogens with zero attached hydrogens (tertiary/aromatic N) is 6. The van der Waals surface area contributed by atoms with Crippen molar-refractivity contribution in [3.05, 3.63) is 89.7 Å². The van der Waals surface area contributed by atoms with Crippen LogP contribution in [0.3, 0.4) is 0 Å². The van der Waals surface area contributed by atoms with Crippen LogP contribution in [0.25, 0.3) is 27.9 Å². The third kappa shape index (κ3) is 3.84. The SMILES string of the molecule is Cc1ccccc1-c1nnc2c3ccccc3nc(N3CCCN(C(=O)c4cccc(F)c4)CC3)n12. The summed E-state index contributed by atoms with van der Waals surface area (Å²) in [6, 6.07) is 21.9. The predicted molar refractivity (Wildman–Crippen MR) is 138 cm³/mol. The molecule has 0 bridgehead atoms. The molecule has 0 unspecified atom stereocenters. The highest BCUT2D eigenvalue weighted by molar-refractivity contribution is 5.95. The molecule has 36 heavy (non-hydrogen) atoms. The van der Waals surface area contributed by atoms with Gasteiger partial charge in [-0.05, 0) is 49.2 Å². The largest absolute Gasteiger partial charge is 0.340 e. The third-order valence-corrected chi connectivity index (χ3v) is 6.75. The van der Waals surface area contributed by atoms with Crippen molar-refractivity contribution < 1.29 is 9.18 Å². The predicted octanol–water partition coefficient (Wildman–Crippen LogP) is 4.74. The number of carbonyl (C=O) groups is 1. The van der Waals surface area contributed by atoms with Crippen molar-refractivity contribution in [2.45, 2.75) is 13.3 Å². The van der Waals surface area contributed by atoms with E-state index in [1.165, 1.54) is 12.1 Å². The summed E-state index contributed by atoms with van der Waals surface area (Å²) in [7, 11) is 0. The number of aromatic nitrogens is 4. The van der Waals surface area contributed by atoms with E-state index in [4.69, 9.17) is 4.98 Å². The van der Waals surface area contributed by atoms with Gasteiger partial charge in [-0.3, -0.25) is 4.79 Å². The third-order valence-electron chi connectivity index (χ3n) is 6.75. The number of carbonyl (C=O) groups excluding carboxylic acids is 1. The molecule has 1 fully saturated rings. The number of amides is 1. The molecule has 1 aliphatic rings. The fourth-order valence-corrected chi connectivity index (χ4v) is 4.90. The Morgan fingerprint density at radius 3 is 2.58 bits per heavy atom. The van der Waals surface area contributed by atoms with Crippen LogP contribution in [0.1, 0.15) is 22.3 Å². The Hall–Kier alpha value is -4.33. The molecule has 1 saturated heterocycles. The lowest BCUT2D eigenvalue weighted by atomic mass is 10.1. The molecule has 2 aromatic heterocycles. The van der Waals surface area contributed by atoms with E-state index in [0.717, 1.165) is 52.4 Å². The summed E-state index contributed by atoms with van der Waals surface area (Å²) in [6.45, 7) is 4.47. The summed E-state index contributed by atoms with van der Waals surface area (Å²) < 4.78 is 15.7. The maximum absolute atomic E-state index is 13.7. The van der Waals surface area contributed by atoms with Gasteiger partial charge in [-0.15, -0.1) is 10.2 Å². The highest BCUT2D eigenvalue weighted by Crippen LogP contribution is 2.30. The van der Waals surface area contributed by atoms with Crippen molar-refractivity contribution in [1.82, 2.24) is 24.5 Å². The molecule has 1 aliphatic heterocycles. The number of hydrogen-bond donors (Lipinski definition) is 0. The molecule has 180 valence electrons. The van der Waals surface area contributed by atoms with Crippen LogP contribution in [0, 0.1) is 12.7 Å². The quantitative estimate of drug-likeness (QED) is 0.373. The van der Waals surface area contributed by atoms with E-state index in [2.05, 4.69) is 28.1 Å². The Morgan fingerprint density at radius 1 is 0.889 bits per heavy atom. The van der Waals surface area contributed by atoms with Gasteiger partial charge in [0, 0.05) is 42.7 Å². The lowest BCUT2D eigenvalue weighted by Gasteiger charge is -2.24. The van der Waals surface area contributed by atoms with Crippen molar-refractivity contribution in [2.75, 3.05) is 31.1 Å². The monoisotopic (exact) mass is 480 g/mol. The van der Waals surface area contributed by atoms with Crippen molar-refractivity contribution in [2.24, 2.45) is 0 Å². The Labute approximate surface area is 207 Å². The summed E-state index contributed by atoms with van der Waals surface area (Å²) in [5.74, 6) is 0.939. The van der Waals surface area contributed by atoms with E-state index in [0.29, 0.717) is 25.2 Å². The number of rotatable bonds is 3. The molecule has 0 spiro atoms. The summed E-state index contributed by atoms with van der Waals surface area (Å²) in [4.78, 5) is 22.1. The lowest BCUT2D eigenvalue weighted by molar-refractivity contribution is 0.0766. The van der Waals surface area contributed by atoms with Crippen molar-refractivity contribution >= 4 is 28.4 Å². The molecule has 3 aromatic carbocycles. The molecule has 7 nitrogen and oxygen atoms in total. The Balaban J connectivity index is 1.41. The van der Waals surface area contributed by atoms with Gasteiger partial charge in [0.1, 0.15) is 5.82 Å². The van der Waals surface area contributed by atoms with E-state index in [-0.39, 0.29) is 5.91 Å². The maximum atomic E-state index is 13.7. The molecule has 8 heteroatoms. The van der Waals surface area contributed by atoms with Gasteiger partial charge in [0.2, 0.25) is 5.95 Å². The number of halogens is 1. The molecule has 1 amide bonds. The summed E-state index contributed by atoms with van der Waals surface area (Å²) in [6.07, 6.45) is 0.763. The number of para-hydroxylation sites is 1. The Morgan fingerprint density at radius 2 is 1.72 bits per heavy atom. The van der Waals surface area contributed by atoms with Crippen molar-refractivity contribution in [3.8, 4) is 11.4 Å². The summed E-state index contributed by atoms with van der Waals surface area (Å²) in [5, 5.41) is 10.1. The number of aryl methyl sites for hydroxylation is 1. The minimum atomic E-state index is -0.406. The van der Waals surface area contributed by atoms with Gasteiger partial charge < -0.3 is 9.80 Å². The smallest absolute Gasteiger partial charge is 0.254 e. The number of hydrogen-bond acceptors (Lipinski definition) is 5. The molecule has 0 radical (unpaired) electrons. The number of fused-ring (bicyclic) bond motifs is 3. The minimum Gasteiger partial charge on any atom is -0.340 e. The fourth-order valence-electron chi connectivity index (χ4n) is 4.90. The van der Waals surface area contributed by atoms with E-state index >= 15 is 0 Å². The van der Waals surface area contributed by atoms with Gasteiger partial charge in [-0.25, -0.2) is 13.8 Å². The summed E-state index contributed by atoms with van der Waals surface area (Å²) >= 11 is 0. The van der Waals surface area contributed by atoms with Crippen LogP contribution in [0.4, 0.5) is 10.3 Å². The first-order chi connectivity index (χ1) is 17.6. The van der Waals surface area contributed by atoms with Crippen LogP contribution < -0.4 is 4.90 Å². The Bertz CT molecular complexity index is 1600. The average Bonchev–Trinajstić information content (AvgIpc) is 3.19. The molecular formula is C28H25FN6O. The first kappa shape index (κ1) is 22.2. The second-order valence-corrected chi connectivity index (χ2v) is 9.07. The first-order valence-electron chi connectivity index (χ1n) is 12.1. The van der Waals surface area contributed by atoms with Crippen molar-refractivity contribution in [1.29, 1.82) is 0 Å². The van der Waals surface area contributed by atoms with Crippen LogP contribution in [-0.4, -0.2) is 56.6 Å². The molecule has 3 heterocycles. The van der Waals surface area contributed by atoms with Crippen molar-refractivity contribution in [3.63, 3.8) is 0 Å². The zero-order valence-corrected chi connectivity index (χ0v) is 19.9. The van der Waals surface area contributed by atoms with E-state index in [1.54, 1.807) is 17.0 Å². The van der Waals surface area contributed by atoms with Gasteiger partial charge in [-0.1, -0.05) is 42.5 Å². The van der Waals surface area contributed by atoms with Crippen LogP contribution in [0.2, 0.25) is 0 Å². The van der Waals surface area contributed by atoms with Crippen LogP contribution in [-0.2, 0) is 0 Å². The zero-order valence-electron chi connectivity index (χ0n) is 19.9. The van der Waals surface area contributed by atoms with Gasteiger partial charge in [-0.2, -0.15) is 0 Å². The lowest BCUT2D eigenvalue weighted by Crippen LogP contribution is -2.36. The zero-order chi connectivity index (χ0) is 24.6. The van der Waals surface area contributed by atoms with Gasteiger partial charge in [0.05, 0.1) is 5.52 Å². The topological polar surface area (TPSA) is 66.6 Å². The number of benzene rings is 3. The van der Waals surface area contributed by atoms with E-state index in [1.807, 2.05) is 46.9 Å². The first-order valence-corrected chi connectivity index (χ1v) is 12.1. The van der Waals surface area contributed by atoms with Crippen LogP contribution >= 0.6 is 0 Å². The standard InChI is InChI=1S/C28H25FN6O/c1-19-8-2-3-11-22(19)25-31-32-26-23-12-4-5-13-24(23)30-28(35(25)26)34-15-7-14-33(16-17-34)27(36)20-9-6-10-21(29)18-20/h2-6,8-13,18H,7,14-17H2,1H3. The molecule has 5 aromatic rings. The second-order valence-electron chi connectivity index (χ2n) is 9.07. The van der Waals surface area contributed by atoms with Gasteiger partial charge in [0.15, 0.2) is 11.5 Å². The highest BCUT2D eigenvalue weighted by atomic mass is 19.1. The Kier molecular flexibility index (Phi) is 5.56. The number of anilines is 1. The average molecular weight is 481 g/mol. The van der Waals surface area contributed by atoms with E-state index < -0.39 is 5.82 Å². The van der Waals surface area contributed by atoms with Crippen LogP contribution in [0.15, 0.2) is 72.8 Å². The molecule has 0 N–H and O–H groups in total. The second kappa shape index (κ2) is 9.03. The molecule has 6 rings (SSSR count). The molecule has 0 atom stereocenters. The maximum Gasteiger partial charge on any atom is 0.254 e. The molecule has 0 saturated carbocycles. The van der Waals surface area contributed by atoms with Gasteiger partial charge in [0.25, 0.3) is 5.91 Å².